The summed E-state index contributed by atoms with van der Waals surface area (Å²) in [4.78, 5) is 37.0. The van der Waals surface area contributed by atoms with Crippen molar-refractivity contribution in [3.05, 3.63) is 65.6 Å². The molecule has 3 aromatic rings. The van der Waals surface area contributed by atoms with Gasteiger partial charge in [-0.1, -0.05) is 6.07 Å². The third-order valence-electron chi connectivity index (χ3n) is 10.7. The van der Waals surface area contributed by atoms with Crippen molar-refractivity contribution < 1.29 is 14.3 Å². The topological polar surface area (TPSA) is 91.8 Å². The van der Waals surface area contributed by atoms with E-state index in [0.29, 0.717) is 49.5 Å². The molecule has 4 aliphatic carbocycles. The van der Waals surface area contributed by atoms with Crippen LogP contribution >= 0.6 is 0 Å². The highest BCUT2D eigenvalue weighted by Crippen LogP contribution is 2.60. The highest BCUT2D eigenvalue weighted by atomic mass is 16.5. The van der Waals surface area contributed by atoms with Crippen LogP contribution in [0.25, 0.3) is 11.1 Å². The van der Waals surface area contributed by atoms with Crippen LogP contribution < -0.4 is 9.64 Å². The van der Waals surface area contributed by atoms with E-state index in [1.807, 2.05) is 73.3 Å². The first-order valence-electron chi connectivity index (χ1n) is 16.6. The van der Waals surface area contributed by atoms with Crippen molar-refractivity contribution >= 4 is 17.6 Å². The van der Waals surface area contributed by atoms with Crippen molar-refractivity contribution in [2.45, 2.75) is 52.4 Å². The molecule has 1 saturated heterocycles. The standard InChI is InChI=1S/C36H44N6O3/c1-4-45-30-17-29(21-37-22-30)31-6-5-28(13-24(31)2)34(43)42-11-9-41(10-12-42)33-8-7-32(38-39-33)35(44)40(3)23-36-18-25-14-26(19-36)16-27(15-25)20-36/h5-8,13,17,21-22,25-27H,4,9-12,14-16,18-20,23H2,1-3H3. The van der Waals surface area contributed by atoms with Gasteiger partial charge in [0.2, 0.25) is 0 Å². The lowest BCUT2D eigenvalue weighted by atomic mass is 9.49. The van der Waals surface area contributed by atoms with Crippen LogP contribution in [-0.2, 0) is 0 Å². The Balaban J connectivity index is 0.937. The number of anilines is 1. The SMILES string of the molecule is CCOc1cncc(-c2ccc(C(=O)N3CCN(c4ccc(C(=O)N(C)CC56CC7CC(CC(C7)C5)C6)nn4)CC3)cc2C)c1. The summed E-state index contributed by atoms with van der Waals surface area (Å²) < 4.78 is 5.60. The van der Waals surface area contributed by atoms with Crippen molar-refractivity contribution in [1.29, 1.82) is 0 Å². The van der Waals surface area contributed by atoms with Crippen LogP contribution in [0.1, 0.15) is 71.9 Å². The largest absolute Gasteiger partial charge is 0.492 e. The van der Waals surface area contributed by atoms with Gasteiger partial charge in [-0.25, -0.2) is 0 Å². The molecule has 4 bridgehead atoms. The molecule has 2 amide bonds. The molecule has 0 unspecified atom stereocenters. The Morgan fingerprint density at radius 3 is 2.27 bits per heavy atom. The number of aryl methyl sites for hydroxylation is 1. The number of hydrogen-bond donors (Lipinski definition) is 0. The summed E-state index contributed by atoms with van der Waals surface area (Å²) >= 11 is 0. The second kappa shape index (κ2) is 12.1. The van der Waals surface area contributed by atoms with Crippen LogP contribution in [0.4, 0.5) is 5.82 Å². The van der Waals surface area contributed by atoms with Gasteiger partial charge in [-0.3, -0.25) is 14.6 Å². The summed E-state index contributed by atoms with van der Waals surface area (Å²) in [6.07, 6.45) is 11.6. The predicted molar refractivity (Wildman–Crippen MR) is 173 cm³/mol. The fourth-order valence-electron chi connectivity index (χ4n) is 9.12. The zero-order valence-electron chi connectivity index (χ0n) is 26.7. The fraction of sp³-hybridized carbons (Fsp3) is 0.528. The molecule has 0 radical (unpaired) electrons. The molecule has 236 valence electrons. The number of benzene rings is 1. The van der Waals surface area contributed by atoms with Crippen molar-refractivity contribution in [2.75, 3.05) is 51.3 Å². The average molecular weight is 609 g/mol. The first kappa shape index (κ1) is 29.7. The number of pyridine rings is 1. The van der Waals surface area contributed by atoms with Gasteiger partial charge < -0.3 is 19.4 Å². The summed E-state index contributed by atoms with van der Waals surface area (Å²) in [5, 5.41) is 8.79. The van der Waals surface area contributed by atoms with Crippen LogP contribution in [0.15, 0.2) is 48.8 Å². The van der Waals surface area contributed by atoms with Gasteiger partial charge >= 0.3 is 0 Å². The highest BCUT2D eigenvalue weighted by molar-refractivity contribution is 5.95. The Morgan fingerprint density at radius 2 is 1.64 bits per heavy atom. The Kier molecular flexibility index (Phi) is 7.96. The van der Waals surface area contributed by atoms with E-state index in [1.165, 1.54) is 38.5 Å². The quantitative estimate of drug-likeness (QED) is 0.334. The van der Waals surface area contributed by atoms with Crippen molar-refractivity contribution in [3.8, 4) is 16.9 Å². The molecule has 5 fully saturated rings. The molecule has 8 rings (SSSR count). The van der Waals surface area contributed by atoms with Gasteiger partial charge in [0, 0.05) is 57.1 Å². The van der Waals surface area contributed by atoms with E-state index in [0.717, 1.165) is 52.6 Å². The molecule has 1 aromatic carbocycles. The van der Waals surface area contributed by atoms with Crippen LogP contribution in [0.3, 0.4) is 0 Å². The van der Waals surface area contributed by atoms with Crippen molar-refractivity contribution in [1.82, 2.24) is 25.0 Å². The smallest absolute Gasteiger partial charge is 0.274 e. The maximum Gasteiger partial charge on any atom is 0.274 e. The second-order valence-corrected chi connectivity index (χ2v) is 14.0. The summed E-state index contributed by atoms with van der Waals surface area (Å²) in [6.45, 7) is 7.89. The molecule has 9 heteroatoms. The molecule has 9 nitrogen and oxygen atoms in total. The number of amides is 2. The van der Waals surface area contributed by atoms with Crippen LogP contribution in [0.2, 0.25) is 0 Å². The third-order valence-corrected chi connectivity index (χ3v) is 10.7. The number of carbonyl (C=O) groups is 2. The van der Waals surface area contributed by atoms with E-state index in [4.69, 9.17) is 4.74 Å². The van der Waals surface area contributed by atoms with Gasteiger partial charge in [0.25, 0.3) is 11.8 Å². The first-order chi connectivity index (χ1) is 21.8. The zero-order valence-corrected chi connectivity index (χ0v) is 26.7. The van der Waals surface area contributed by atoms with Crippen molar-refractivity contribution in [2.24, 2.45) is 23.2 Å². The van der Waals surface area contributed by atoms with Gasteiger partial charge in [0.1, 0.15) is 5.75 Å². The molecule has 0 N–H and O–H groups in total. The van der Waals surface area contributed by atoms with Crippen LogP contribution in [0, 0.1) is 30.1 Å². The van der Waals surface area contributed by atoms with E-state index in [9.17, 15) is 9.59 Å². The molecular formula is C36H44N6O3. The number of nitrogens with zero attached hydrogens (tertiary/aromatic N) is 6. The van der Waals surface area contributed by atoms with E-state index in [2.05, 4.69) is 20.1 Å². The van der Waals surface area contributed by atoms with E-state index < -0.39 is 0 Å². The number of hydrogen-bond acceptors (Lipinski definition) is 7. The minimum atomic E-state index is -0.0419. The number of rotatable bonds is 8. The molecule has 45 heavy (non-hydrogen) atoms. The Hall–Kier alpha value is -4.01. The molecule has 1 aliphatic heterocycles. The van der Waals surface area contributed by atoms with Crippen LogP contribution in [-0.4, -0.2) is 83.2 Å². The Bertz CT molecular complexity index is 1530. The predicted octanol–water partition coefficient (Wildman–Crippen LogP) is 5.50. The summed E-state index contributed by atoms with van der Waals surface area (Å²) in [5.41, 5.74) is 4.40. The minimum absolute atomic E-state index is 0.0274. The molecule has 2 aromatic heterocycles. The summed E-state index contributed by atoms with van der Waals surface area (Å²) in [7, 11) is 1.93. The molecule has 0 atom stereocenters. The van der Waals surface area contributed by atoms with Gasteiger partial charge in [0.15, 0.2) is 11.5 Å². The van der Waals surface area contributed by atoms with Gasteiger partial charge in [-0.15, -0.1) is 10.2 Å². The number of carbonyl (C=O) groups excluding carboxylic acids is 2. The maximum atomic E-state index is 13.4. The number of aromatic nitrogens is 3. The molecule has 5 aliphatic rings. The van der Waals surface area contributed by atoms with Crippen LogP contribution in [0.5, 0.6) is 5.75 Å². The Morgan fingerprint density at radius 1 is 0.933 bits per heavy atom. The maximum absolute atomic E-state index is 13.4. The summed E-state index contributed by atoms with van der Waals surface area (Å²) in [6, 6.07) is 11.5. The highest BCUT2D eigenvalue weighted by Gasteiger charge is 2.51. The zero-order chi connectivity index (χ0) is 31.1. The average Bonchev–Trinajstić information content (AvgIpc) is 3.03. The molecule has 3 heterocycles. The normalized spacial score (nSPS) is 25.4. The lowest BCUT2D eigenvalue weighted by molar-refractivity contribution is -0.0629. The van der Waals surface area contributed by atoms with Crippen molar-refractivity contribution in [3.63, 3.8) is 0 Å². The van der Waals surface area contributed by atoms with Gasteiger partial charge in [-0.05, 0) is 117 Å². The first-order valence-corrected chi connectivity index (χ1v) is 16.6. The van der Waals surface area contributed by atoms with Gasteiger partial charge in [-0.2, -0.15) is 0 Å². The van der Waals surface area contributed by atoms with E-state index >= 15 is 0 Å². The molecule has 0 spiro atoms. The molecular weight excluding hydrogens is 564 g/mol. The third kappa shape index (κ3) is 6.01. The number of piperazine rings is 1. The summed E-state index contributed by atoms with van der Waals surface area (Å²) in [5.74, 6) is 4.06. The lowest BCUT2D eigenvalue weighted by Gasteiger charge is -2.57. The second-order valence-electron chi connectivity index (χ2n) is 14.0. The van der Waals surface area contributed by atoms with E-state index in [1.54, 1.807) is 6.20 Å². The monoisotopic (exact) mass is 608 g/mol. The van der Waals surface area contributed by atoms with E-state index in [-0.39, 0.29) is 11.8 Å². The Labute approximate surface area is 266 Å². The fourth-order valence-corrected chi connectivity index (χ4v) is 9.12. The minimum Gasteiger partial charge on any atom is -0.492 e. The number of ether oxygens (including phenoxy) is 1. The molecule has 4 saturated carbocycles. The lowest BCUT2D eigenvalue weighted by Crippen LogP contribution is -2.51. The van der Waals surface area contributed by atoms with Gasteiger partial charge in [0.05, 0.1) is 12.8 Å².